The lowest BCUT2D eigenvalue weighted by molar-refractivity contribution is 0.642. The Labute approximate surface area is 183 Å². The Hall–Kier alpha value is -3.26. The molecule has 0 atom stereocenters. The van der Waals surface area contributed by atoms with E-state index in [0.717, 1.165) is 41.2 Å². The van der Waals surface area contributed by atoms with E-state index in [1.165, 1.54) is 29.1 Å². The zero-order valence-corrected chi connectivity index (χ0v) is 17.7. The van der Waals surface area contributed by atoms with E-state index in [1.54, 1.807) is 0 Å². The van der Waals surface area contributed by atoms with Crippen LogP contribution in [0, 0.1) is 6.92 Å². The van der Waals surface area contributed by atoms with Gasteiger partial charge in [0, 0.05) is 48.7 Å². The molecule has 0 amide bonds. The minimum atomic E-state index is -0.359. The Balaban J connectivity index is 1.35. The van der Waals surface area contributed by atoms with Crippen LogP contribution in [0.5, 0.6) is 0 Å². The molecule has 0 aromatic carbocycles. The molecule has 5 heterocycles. The van der Waals surface area contributed by atoms with Crippen LogP contribution in [0.2, 0.25) is 5.02 Å². The molecule has 0 saturated heterocycles. The van der Waals surface area contributed by atoms with Crippen LogP contribution in [0.15, 0.2) is 41.7 Å². The van der Waals surface area contributed by atoms with Crippen molar-refractivity contribution in [1.82, 2.24) is 29.4 Å². The second-order valence-corrected chi connectivity index (χ2v) is 8.68. The summed E-state index contributed by atoms with van der Waals surface area (Å²) in [6.07, 6.45) is 10.6. The van der Waals surface area contributed by atoms with E-state index in [9.17, 15) is 4.79 Å². The molecule has 1 fully saturated rings. The van der Waals surface area contributed by atoms with Crippen LogP contribution < -0.4 is 10.5 Å². The van der Waals surface area contributed by atoms with Crippen molar-refractivity contribution in [2.24, 2.45) is 0 Å². The third-order valence-corrected chi connectivity index (χ3v) is 6.27. The van der Waals surface area contributed by atoms with Gasteiger partial charge < -0.3 is 4.90 Å². The Morgan fingerprint density at radius 1 is 1.10 bits per heavy atom. The van der Waals surface area contributed by atoms with E-state index in [-0.39, 0.29) is 10.6 Å². The third-order valence-electron chi connectivity index (χ3n) is 6.01. The summed E-state index contributed by atoms with van der Waals surface area (Å²) in [5.41, 5.74) is 5.53. The highest BCUT2D eigenvalue weighted by Gasteiger charge is 2.25. The Morgan fingerprint density at radius 3 is 2.81 bits per heavy atom. The molecule has 6 rings (SSSR count). The zero-order chi connectivity index (χ0) is 21.1. The molecule has 0 unspecified atom stereocenters. The number of rotatable bonds is 3. The van der Waals surface area contributed by atoms with Gasteiger partial charge in [-0.3, -0.25) is 14.5 Å². The Kier molecular flexibility index (Phi) is 4.11. The Morgan fingerprint density at radius 2 is 1.97 bits per heavy atom. The number of pyridine rings is 1. The predicted molar refractivity (Wildman–Crippen MR) is 117 cm³/mol. The van der Waals surface area contributed by atoms with Crippen LogP contribution in [0.4, 0.5) is 5.82 Å². The molecule has 4 aromatic heterocycles. The molecule has 2 aliphatic rings. The minimum Gasteiger partial charge on any atom is -0.350 e. The molecule has 4 aromatic rings. The largest absolute Gasteiger partial charge is 0.350 e. The molecule has 9 heteroatoms. The summed E-state index contributed by atoms with van der Waals surface area (Å²) in [4.78, 5) is 23.6. The number of fused-ring (bicyclic) bond motifs is 2. The van der Waals surface area contributed by atoms with Gasteiger partial charge in [0.25, 0.3) is 5.56 Å². The summed E-state index contributed by atoms with van der Waals surface area (Å²) in [7, 11) is 0. The van der Waals surface area contributed by atoms with E-state index in [4.69, 9.17) is 16.6 Å². The minimum absolute atomic E-state index is 0.0596. The lowest BCUT2D eigenvalue weighted by Gasteiger charge is -2.30. The maximum atomic E-state index is 12.4. The van der Waals surface area contributed by atoms with Crippen molar-refractivity contribution >= 4 is 23.1 Å². The first kappa shape index (κ1) is 18.5. The first-order chi connectivity index (χ1) is 15.1. The molecule has 8 nitrogen and oxygen atoms in total. The van der Waals surface area contributed by atoms with Crippen LogP contribution in [0.25, 0.3) is 16.8 Å². The van der Waals surface area contributed by atoms with E-state index in [1.807, 2.05) is 25.4 Å². The van der Waals surface area contributed by atoms with Crippen LogP contribution >= 0.6 is 11.6 Å². The summed E-state index contributed by atoms with van der Waals surface area (Å²) in [5, 5.41) is 9.16. The van der Waals surface area contributed by atoms with Gasteiger partial charge in [0.2, 0.25) is 0 Å². The normalized spacial score (nSPS) is 16.0. The van der Waals surface area contributed by atoms with Crippen LogP contribution in [0.1, 0.15) is 35.7 Å². The van der Waals surface area contributed by atoms with Gasteiger partial charge in [-0.25, -0.2) is 4.98 Å². The first-order valence-electron chi connectivity index (χ1n) is 10.4. The van der Waals surface area contributed by atoms with Gasteiger partial charge in [-0.05, 0) is 43.0 Å². The lowest BCUT2D eigenvalue weighted by atomic mass is 10.0. The average Bonchev–Trinajstić information content (AvgIpc) is 3.52. The van der Waals surface area contributed by atoms with Crippen molar-refractivity contribution in [3.05, 3.63) is 69.1 Å². The molecule has 1 aliphatic heterocycles. The average molecular weight is 434 g/mol. The molecule has 0 radical (unpaired) electrons. The summed E-state index contributed by atoms with van der Waals surface area (Å²) in [5.74, 6) is 0.760. The van der Waals surface area contributed by atoms with E-state index in [2.05, 4.69) is 37.0 Å². The molecule has 0 spiro atoms. The van der Waals surface area contributed by atoms with Crippen molar-refractivity contribution in [2.75, 3.05) is 11.4 Å². The zero-order valence-electron chi connectivity index (χ0n) is 17.0. The van der Waals surface area contributed by atoms with Gasteiger partial charge in [0.15, 0.2) is 11.5 Å². The van der Waals surface area contributed by atoms with Crippen LogP contribution in [-0.4, -0.2) is 35.9 Å². The Bertz CT molecular complexity index is 1390. The maximum Gasteiger partial charge on any atom is 0.293 e. The number of aromatic nitrogens is 6. The third kappa shape index (κ3) is 3.18. The van der Waals surface area contributed by atoms with Gasteiger partial charge in [-0.15, -0.1) is 5.10 Å². The molecular formula is C22H20ClN7O. The van der Waals surface area contributed by atoms with E-state index in [0.29, 0.717) is 18.2 Å². The molecule has 0 N–H and O–H groups in total. The number of halogens is 1. The van der Waals surface area contributed by atoms with Crippen molar-refractivity contribution in [1.29, 1.82) is 0 Å². The fraction of sp³-hybridized carbons (Fsp3) is 0.318. The highest BCUT2D eigenvalue weighted by atomic mass is 35.5. The molecular weight excluding hydrogens is 414 g/mol. The molecule has 1 aliphatic carbocycles. The van der Waals surface area contributed by atoms with Crippen molar-refractivity contribution in [3.63, 3.8) is 0 Å². The molecule has 31 heavy (non-hydrogen) atoms. The molecule has 156 valence electrons. The standard InChI is InChI=1S/C22H20ClN7O/c1-13-6-20-25-10-18(23)22(31)30(20)27-21(13)28-5-4-19-15(11-28)7-14(8-24-19)16-9-26-29(12-16)17-2-3-17/h6-10,12,17H,2-5,11H2,1H3. The fourth-order valence-electron chi connectivity index (χ4n) is 4.17. The highest BCUT2D eigenvalue weighted by Crippen LogP contribution is 2.35. The number of hydrogen-bond donors (Lipinski definition) is 0. The number of anilines is 1. The summed E-state index contributed by atoms with van der Waals surface area (Å²) in [6.45, 7) is 3.44. The monoisotopic (exact) mass is 433 g/mol. The highest BCUT2D eigenvalue weighted by molar-refractivity contribution is 6.30. The van der Waals surface area contributed by atoms with Gasteiger partial charge >= 0.3 is 0 Å². The van der Waals surface area contributed by atoms with Gasteiger partial charge in [0.1, 0.15) is 5.02 Å². The lowest BCUT2D eigenvalue weighted by Crippen LogP contribution is -2.33. The van der Waals surface area contributed by atoms with Gasteiger partial charge in [-0.2, -0.15) is 9.61 Å². The van der Waals surface area contributed by atoms with Gasteiger partial charge in [0.05, 0.1) is 18.4 Å². The van der Waals surface area contributed by atoms with Crippen molar-refractivity contribution < 1.29 is 0 Å². The topological polar surface area (TPSA) is 81.2 Å². The summed E-state index contributed by atoms with van der Waals surface area (Å²) >= 11 is 5.97. The molecule has 0 bridgehead atoms. The summed E-state index contributed by atoms with van der Waals surface area (Å²) in [6, 6.07) is 4.63. The van der Waals surface area contributed by atoms with E-state index < -0.39 is 0 Å². The predicted octanol–water partition coefficient (Wildman–Crippen LogP) is 3.21. The van der Waals surface area contributed by atoms with Gasteiger partial charge in [-0.1, -0.05) is 11.6 Å². The quantitative estimate of drug-likeness (QED) is 0.493. The van der Waals surface area contributed by atoms with Crippen molar-refractivity contribution in [3.8, 4) is 11.1 Å². The van der Waals surface area contributed by atoms with Crippen LogP contribution in [0.3, 0.4) is 0 Å². The summed E-state index contributed by atoms with van der Waals surface area (Å²) < 4.78 is 3.33. The van der Waals surface area contributed by atoms with E-state index >= 15 is 0 Å². The fourth-order valence-corrected chi connectivity index (χ4v) is 4.30. The first-order valence-corrected chi connectivity index (χ1v) is 10.8. The second kappa shape index (κ2) is 6.88. The second-order valence-electron chi connectivity index (χ2n) is 8.27. The van der Waals surface area contributed by atoms with Crippen LogP contribution in [-0.2, 0) is 13.0 Å². The number of aryl methyl sites for hydroxylation is 1. The molecule has 1 saturated carbocycles. The number of hydrogen-bond acceptors (Lipinski definition) is 6. The smallest absolute Gasteiger partial charge is 0.293 e. The maximum absolute atomic E-state index is 12.4. The SMILES string of the molecule is Cc1cc2ncc(Cl)c(=O)n2nc1N1CCc2ncc(-c3cnn(C4CC4)c3)cc2C1. The van der Waals surface area contributed by atoms with Crippen molar-refractivity contribution in [2.45, 2.75) is 38.8 Å². The number of nitrogens with zero attached hydrogens (tertiary/aromatic N) is 7.